The molecule has 0 radical (unpaired) electrons. The van der Waals surface area contributed by atoms with Crippen molar-refractivity contribution >= 4 is 11.6 Å². The Morgan fingerprint density at radius 2 is 1.73 bits per heavy atom. The Morgan fingerprint density at radius 3 is 2.27 bits per heavy atom. The fraction of sp³-hybridized carbons (Fsp3) is 0.538. The Hall–Kier alpha value is -0.530. The number of hydrogen-bond acceptors (Lipinski definition) is 1. The number of rotatable bonds is 1. The Balaban J connectivity index is 1.85. The zero-order valence-electron chi connectivity index (χ0n) is 8.82. The third-order valence-electron chi connectivity index (χ3n) is 3.95. The van der Waals surface area contributed by atoms with Crippen molar-refractivity contribution < 1.29 is 0 Å². The lowest BCUT2D eigenvalue weighted by Crippen LogP contribution is -2.46. The number of fused-ring (bicyclic) bond motifs is 3. The second-order valence-electron chi connectivity index (χ2n) is 4.80. The van der Waals surface area contributed by atoms with Crippen LogP contribution in [0.2, 0.25) is 5.02 Å². The maximum atomic E-state index is 5.92. The summed E-state index contributed by atoms with van der Waals surface area (Å²) in [7, 11) is 0. The third-order valence-corrected chi connectivity index (χ3v) is 4.21. The van der Waals surface area contributed by atoms with Gasteiger partial charge in [0.15, 0.2) is 0 Å². The summed E-state index contributed by atoms with van der Waals surface area (Å²) >= 11 is 5.92. The molecule has 1 aromatic rings. The van der Waals surface area contributed by atoms with E-state index in [9.17, 15) is 0 Å². The Kier molecular flexibility index (Phi) is 2.45. The van der Waals surface area contributed by atoms with Gasteiger partial charge in [0.1, 0.15) is 0 Å². The number of piperidine rings is 3. The monoisotopic (exact) mass is 221 g/mol. The summed E-state index contributed by atoms with van der Waals surface area (Å²) in [6.45, 7) is 3.88. The van der Waals surface area contributed by atoms with Crippen LogP contribution in [0, 0.1) is 5.92 Å². The highest BCUT2D eigenvalue weighted by Gasteiger charge is 2.34. The first-order chi connectivity index (χ1) is 7.33. The molecule has 1 aromatic carbocycles. The van der Waals surface area contributed by atoms with E-state index >= 15 is 0 Å². The van der Waals surface area contributed by atoms with E-state index in [1.54, 1.807) is 0 Å². The lowest BCUT2D eigenvalue weighted by molar-refractivity contribution is 0.0871. The summed E-state index contributed by atoms with van der Waals surface area (Å²) < 4.78 is 0. The molecule has 0 spiro atoms. The molecule has 4 rings (SSSR count). The fourth-order valence-electron chi connectivity index (χ4n) is 3.05. The standard InChI is InChI=1S/C13H16ClN/c14-12-3-1-10(2-4-12)13-9-15-7-5-11(13)6-8-15/h1-4,11,13H,5-9H2. The largest absolute Gasteiger partial charge is 0.303 e. The predicted molar refractivity (Wildman–Crippen MR) is 63.4 cm³/mol. The predicted octanol–water partition coefficient (Wildman–Crippen LogP) is 3.15. The Bertz CT molecular complexity index is 338. The van der Waals surface area contributed by atoms with Crippen LogP contribution in [0.1, 0.15) is 24.3 Å². The average Bonchev–Trinajstić information content (AvgIpc) is 2.31. The molecule has 0 N–H and O–H groups in total. The van der Waals surface area contributed by atoms with Crippen LogP contribution < -0.4 is 0 Å². The molecule has 3 heterocycles. The smallest absolute Gasteiger partial charge is 0.0406 e. The molecule has 0 aromatic heterocycles. The molecule has 2 bridgehead atoms. The van der Waals surface area contributed by atoms with Gasteiger partial charge in [0.05, 0.1) is 0 Å². The number of hydrogen-bond donors (Lipinski definition) is 0. The van der Waals surface area contributed by atoms with Gasteiger partial charge in [0.2, 0.25) is 0 Å². The first kappa shape index (κ1) is 9.68. The normalized spacial score (nSPS) is 34.3. The molecule has 3 fully saturated rings. The van der Waals surface area contributed by atoms with Gasteiger partial charge in [0, 0.05) is 11.6 Å². The molecule has 0 saturated carbocycles. The minimum atomic E-state index is 0.754. The van der Waals surface area contributed by atoms with Gasteiger partial charge >= 0.3 is 0 Å². The summed E-state index contributed by atoms with van der Waals surface area (Å²) in [5.41, 5.74) is 1.48. The van der Waals surface area contributed by atoms with Crippen molar-refractivity contribution in [3.05, 3.63) is 34.9 Å². The molecule has 2 heteroatoms. The van der Waals surface area contributed by atoms with Crippen molar-refractivity contribution in [1.82, 2.24) is 4.90 Å². The molecular formula is C13H16ClN. The Labute approximate surface area is 96.0 Å². The van der Waals surface area contributed by atoms with Gasteiger partial charge in [-0.3, -0.25) is 0 Å². The summed E-state index contributed by atoms with van der Waals surface area (Å²) in [6.07, 6.45) is 2.76. The fourth-order valence-corrected chi connectivity index (χ4v) is 3.18. The minimum Gasteiger partial charge on any atom is -0.303 e. The van der Waals surface area contributed by atoms with Crippen molar-refractivity contribution in [1.29, 1.82) is 0 Å². The van der Waals surface area contributed by atoms with E-state index < -0.39 is 0 Å². The topological polar surface area (TPSA) is 3.24 Å². The molecule has 3 aliphatic heterocycles. The van der Waals surface area contributed by atoms with Gasteiger partial charge in [-0.15, -0.1) is 0 Å². The van der Waals surface area contributed by atoms with Crippen LogP contribution in [0.4, 0.5) is 0 Å². The summed E-state index contributed by atoms with van der Waals surface area (Å²) in [4.78, 5) is 2.60. The van der Waals surface area contributed by atoms with Crippen molar-refractivity contribution in [2.75, 3.05) is 19.6 Å². The maximum absolute atomic E-state index is 5.92. The molecule has 1 atom stereocenters. The Morgan fingerprint density at radius 1 is 1.07 bits per heavy atom. The van der Waals surface area contributed by atoms with Crippen molar-refractivity contribution in [2.24, 2.45) is 5.92 Å². The van der Waals surface area contributed by atoms with Crippen LogP contribution >= 0.6 is 11.6 Å². The van der Waals surface area contributed by atoms with Crippen molar-refractivity contribution in [2.45, 2.75) is 18.8 Å². The summed E-state index contributed by atoms with van der Waals surface area (Å²) in [5.74, 6) is 1.67. The molecule has 3 saturated heterocycles. The van der Waals surface area contributed by atoms with E-state index in [4.69, 9.17) is 11.6 Å². The molecule has 15 heavy (non-hydrogen) atoms. The maximum Gasteiger partial charge on any atom is 0.0406 e. The average molecular weight is 222 g/mol. The zero-order chi connectivity index (χ0) is 10.3. The van der Waals surface area contributed by atoms with Gasteiger partial charge in [-0.25, -0.2) is 0 Å². The first-order valence-corrected chi connectivity index (χ1v) is 6.18. The zero-order valence-corrected chi connectivity index (χ0v) is 9.58. The van der Waals surface area contributed by atoms with Crippen LogP contribution in [0.5, 0.6) is 0 Å². The van der Waals surface area contributed by atoms with Gasteiger partial charge in [-0.2, -0.15) is 0 Å². The molecular weight excluding hydrogens is 206 g/mol. The quantitative estimate of drug-likeness (QED) is 0.704. The minimum absolute atomic E-state index is 0.754. The molecule has 1 unspecified atom stereocenters. The highest BCUT2D eigenvalue weighted by atomic mass is 35.5. The number of halogens is 1. The second kappa shape index (κ2) is 3.80. The molecule has 80 valence electrons. The molecule has 3 aliphatic rings. The van der Waals surface area contributed by atoms with Crippen LogP contribution in [0.25, 0.3) is 0 Å². The third kappa shape index (κ3) is 1.79. The van der Waals surface area contributed by atoms with Gasteiger partial charge in [0.25, 0.3) is 0 Å². The molecule has 0 amide bonds. The van der Waals surface area contributed by atoms with Crippen molar-refractivity contribution in [3.63, 3.8) is 0 Å². The number of nitrogens with zero attached hydrogens (tertiary/aromatic N) is 1. The van der Waals surface area contributed by atoms with E-state index in [0.29, 0.717) is 0 Å². The molecule has 0 aliphatic carbocycles. The van der Waals surface area contributed by atoms with E-state index in [2.05, 4.69) is 17.0 Å². The van der Waals surface area contributed by atoms with Gasteiger partial charge in [-0.1, -0.05) is 23.7 Å². The van der Waals surface area contributed by atoms with E-state index in [1.807, 2.05) is 12.1 Å². The van der Waals surface area contributed by atoms with Crippen LogP contribution in [0.3, 0.4) is 0 Å². The summed E-state index contributed by atoms with van der Waals surface area (Å²) in [6, 6.07) is 8.45. The van der Waals surface area contributed by atoms with Crippen molar-refractivity contribution in [3.8, 4) is 0 Å². The van der Waals surface area contributed by atoms with E-state index in [0.717, 1.165) is 16.9 Å². The van der Waals surface area contributed by atoms with Crippen LogP contribution in [-0.4, -0.2) is 24.5 Å². The van der Waals surface area contributed by atoms with Gasteiger partial charge < -0.3 is 4.90 Å². The second-order valence-corrected chi connectivity index (χ2v) is 5.23. The summed E-state index contributed by atoms with van der Waals surface area (Å²) in [5, 5.41) is 0.847. The number of benzene rings is 1. The lowest BCUT2D eigenvalue weighted by atomic mass is 9.75. The van der Waals surface area contributed by atoms with E-state index in [1.165, 1.54) is 38.0 Å². The van der Waals surface area contributed by atoms with Gasteiger partial charge in [-0.05, 0) is 55.5 Å². The van der Waals surface area contributed by atoms with Crippen LogP contribution in [0.15, 0.2) is 24.3 Å². The molecule has 1 nitrogen and oxygen atoms in total. The SMILES string of the molecule is Clc1ccc(C2CN3CCC2CC3)cc1. The highest BCUT2D eigenvalue weighted by molar-refractivity contribution is 6.30. The van der Waals surface area contributed by atoms with E-state index in [-0.39, 0.29) is 0 Å². The van der Waals surface area contributed by atoms with Crippen LogP contribution in [-0.2, 0) is 0 Å². The first-order valence-electron chi connectivity index (χ1n) is 5.81. The highest BCUT2D eigenvalue weighted by Crippen LogP contribution is 2.38. The lowest BCUT2D eigenvalue weighted by Gasteiger charge is -2.45.